The third-order valence-corrected chi connectivity index (χ3v) is 4.63. The fraction of sp³-hybridized carbons (Fsp3) is 0.278. The van der Waals surface area contributed by atoms with Gasteiger partial charge in [-0.1, -0.05) is 18.2 Å². The summed E-state index contributed by atoms with van der Waals surface area (Å²) in [5.41, 5.74) is 1.45. The lowest BCUT2D eigenvalue weighted by Gasteiger charge is -2.21. The van der Waals surface area contributed by atoms with Gasteiger partial charge in [0.15, 0.2) is 11.6 Å². The van der Waals surface area contributed by atoms with Crippen LogP contribution in [0.1, 0.15) is 6.42 Å². The molecule has 4 nitrogen and oxygen atoms in total. The number of carbonyl (C=O) groups is 1. The lowest BCUT2D eigenvalue weighted by Crippen LogP contribution is -2.34. The van der Waals surface area contributed by atoms with Crippen LogP contribution in [0.2, 0.25) is 0 Å². The van der Waals surface area contributed by atoms with Crippen LogP contribution in [0.15, 0.2) is 36.4 Å². The van der Waals surface area contributed by atoms with Gasteiger partial charge in [-0.15, -0.1) is 0 Å². The summed E-state index contributed by atoms with van der Waals surface area (Å²) in [7, 11) is 3.67. The van der Waals surface area contributed by atoms with E-state index in [1.807, 2.05) is 31.1 Å². The minimum atomic E-state index is -1.03. The first-order valence-electron chi connectivity index (χ1n) is 7.88. The normalized spacial score (nSPS) is 17.2. The second-order valence-corrected chi connectivity index (χ2v) is 6.33. The van der Waals surface area contributed by atoms with Gasteiger partial charge in [0.25, 0.3) is 0 Å². The second kappa shape index (κ2) is 6.98. The molecular formula is C18H18ClF2N3O. The van der Waals surface area contributed by atoms with Gasteiger partial charge in [-0.3, -0.25) is 4.79 Å². The molecule has 7 heteroatoms. The predicted molar refractivity (Wildman–Crippen MR) is 95.9 cm³/mol. The quantitative estimate of drug-likeness (QED) is 0.842. The van der Waals surface area contributed by atoms with Crippen molar-refractivity contribution in [2.24, 2.45) is 0 Å². The Bertz CT molecular complexity index is 813. The molecule has 2 aromatic rings. The molecule has 1 amide bonds. The lowest BCUT2D eigenvalue weighted by molar-refractivity contribution is -0.118. The highest BCUT2D eigenvalue weighted by molar-refractivity contribution is 6.16. The molecule has 1 aliphatic heterocycles. The molecule has 0 aromatic heterocycles. The van der Waals surface area contributed by atoms with Crippen molar-refractivity contribution in [1.82, 2.24) is 4.84 Å². The van der Waals surface area contributed by atoms with Crippen LogP contribution in [0.3, 0.4) is 0 Å². The number of rotatable bonds is 4. The number of amides is 1. The van der Waals surface area contributed by atoms with Crippen LogP contribution in [0, 0.1) is 11.6 Å². The Morgan fingerprint density at radius 1 is 1.12 bits per heavy atom. The molecule has 1 unspecified atom stereocenters. The second-order valence-electron chi connectivity index (χ2n) is 6.11. The Morgan fingerprint density at radius 3 is 2.48 bits per heavy atom. The Labute approximate surface area is 150 Å². The van der Waals surface area contributed by atoms with Crippen molar-refractivity contribution in [3.63, 3.8) is 0 Å². The van der Waals surface area contributed by atoms with Crippen LogP contribution in [-0.4, -0.2) is 32.6 Å². The Balaban J connectivity index is 2.04. The van der Waals surface area contributed by atoms with Gasteiger partial charge in [-0.05, 0) is 36.4 Å². The Morgan fingerprint density at radius 2 is 1.84 bits per heavy atom. The molecule has 132 valence electrons. The number of hydrogen-bond acceptors (Lipinski definition) is 3. The van der Waals surface area contributed by atoms with Crippen LogP contribution >= 0.6 is 11.8 Å². The molecule has 25 heavy (non-hydrogen) atoms. The van der Waals surface area contributed by atoms with Crippen molar-refractivity contribution in [1.29, 1.82) is 0 Å². The third-order valence-electron chi connectivity index (χ3n) is 4.37. The molecule has 0 aliphatic carbocycles. The molecule has 1 atom stereocenters. The van der Waals surface area contributed by atoms with Crippen molar-refractivity contribution in [2.75, 3.05) is 30.4 Å². The van der Waals surface area contributed by atoms with Crippen LogP contribution in [-0.2, 0) is 4.79 Å². The van der Waals surface area contributed by atoms with Gasteiger partial charge < -0.3 is 9.80 Å². The first-order valence-corrected chi connectivity index (χ1v) is 8.25. The van der Waals surface area contributed by atoms with Gasteiger partial charge >= 0.3 is 0 Å². The maximum absolute atomic E-state index is 14.8. The summed E-state index contributed by atoms with van der Waals surface area (Å²) >= 11 is 5.51. The minimum Gasteiger partial charge on any atom is -0.377 e. The van der Waals surface area contributed by atoms with E-state index in [0.29, 0.717) is 12.0 Å². The molecule has 1 N–H and O–H groups in total. The Kier molecular flexibility index (Phi) is 4.92. The molecule has 1 saturated heterocycles. The summed E-state index contributed by atoms with van der Waals surface area (Å²) in [4.78, 5) is 17.6. The molecule has 0 saturated carbocycles. The van der Waals surface area contributed by atoms with Gasteiger partial charge in [0.2, 0.25) is 5.91 Å². The standard InChI is InChI=1S/C18H18ClF2N3O/c1-23(2)14-6-4-3-5-11(14)12-7-8-15(17(21)16(12)20)24-10-9-13(22-19)18(24)25/h3-8,13,22H,9-10H2,1-2H3. The van der Waals surface area contributed by atoms with Crippen LogP contribution in [0.25, 0.3) is 11.1 Å². The van der Waals surface area contributed by atoms with E-state index >= 15 is 0 Å². The fourth-order valence-electron chi connectivity index (χ4n) is 3.07. The maximum Gasteiger partial charge on any atom is 0.245 e. The SMILES string of the molecule is CN(C)c1ccccc1-c1ccc(N2CCC(NCl)C2=O)c(F)c1F. The van der Waals surface area contributed by atoms with Crippen LogP contribution < -0.4 is 14.6 Å². The molecule has 3 rings (SSSR count). The number of benzene rings is 2. The number of carbonyl (C=O) groups excluding carboxylic acids is 1. The van der Waals surface area contributed by atoms with E-state index in [1.54, 1.807) is 12.1 Å². The largest absolute Gasteiger partial charge is 0.377 e. The maximum atomic E-state index is 14.8. The van der Waals surface area contributed by atoms with Crippen molar-refractivity contribution >= 4 is 29.1 Å². The first-order chi connectivity index (χ1) is 12.0. The van der Waals surface area contributed by atoms with E-state index in [1.165, 1.54) is 17.0 Å². The van der Waals surface area contributed by atoms with Gasteiger partial charge in [-0.25, -0.2) is 13.6 Å². The van der Waals surface area contributed by atoms with Crippen molar-refractivity contribution < 1.29 is 13.6 Å². The third kappa shape index (κ3) is 3.07. The summed E-state index contributed by atoms with van der Waals surface area (Å²) in [6.07, 6.45) is 0.439. The van der Waals surface area contributed by atoms with Crippen molar-refractivity contribution in [3.8, 4) is 11.1 Å². The minimum absolute atomic E-state index is 0.0667. The average Bonchev–Trinajstić information content (AvgIpc) is 2.98. The number of nitrogens with zero attached hydrogens (tertiary/aromatic N) is 2. The van der Waals surface area contributed by atoms with E-state index in [-0.39, 0.29) is 23.7 Å². The predicted octanol–water partition coefficient (Wildman–Crippen LogP) is 3.55. The van der Waals surface area contributed by atoms with Crippen LogP contribution in [0.5, 0.6) is 0 Å². The molecule has 0 radical (unpaired) electrons. The molecule has 2 aromatic carbocycles. The number of nitrogens with one attached hydrogen (secondary N) is 1. The average molecular weight is 366 g/mol. The first kappa shape index (κ1) is 17.6. The zero-order chi connectivity index (χ0) is 18.1. The molecule has 0 spiro atoms. The highest BCUT2D eigenvalue weighted by atomic mass is 35.5. The zero-order valence-electron chi connectivity index (χ0n) is 13.9. The topological polar surface area (TPSA) is 35.6 Å². The van der Waals surface area contributed by atoms with E-state index < -0.39 is 17.7 Å². The van der Waals surface area contributed by atoms with Crippen molar-refractivity contribution in [3.05, 3.63) is 48.0 Å². The fourth-order valence-corrected chi connectivity index (χ4v) is 3.27. The number of para-hydroxylation sites is 1. The van der Waals surface area contributed by atoms with E-state index in [0.717, 1.165) is 5.69 Å². The molecule has 1 fully saturated rings. The zero-order valence-corrected chi connectivity index (χ0v) is 14.6. The van der Waals surface area contributed by atoms with Gasteiger partial charge in [-0.2, -0.15) is 0 Å². The lowest BCUT2D eigenvalue weighted by atomic mass is 10.0. The van der Waals surface area contributed by atoms with E-state index in [9.17, 15) is 13.6 Å². The summed E-state index contributed by atoms with van der Waals surface area (Å²) in [6, 6.07) is 9.54. The summed E-state index contributed by atoms with van der Waals surface area (Å²) in [6.45, 7) is 0.285. The van der Waals surface area contributed by atoms with Crippen LogP contribution in [0.4, 0.5) is 20.2 Å². The Hall–Kier alpha value is -2.18. The molecule has 0 bridgehead atoms. The number of anilines is 2. The van der Waals surface area contributed by atoms with E-state index in [4.69, 9.17) is 11.8 Å². The summed E-state index contributed by atoms with van der Waals surface area (Å²) < 4.78 is 29.5. The number of halogens is 3. The molecular weight excluding hydrogens is 348 g/mol. The highest BCUT2D eigenvalue weighted by Gasteiger charge is 2.34. The van der Waals surface area contributed by atoms with Gasteiger partial charge in [0, 0.05) is 37.5 Å². The highest BCUT2D eigenvalue weighted by Crippen LogP contribution is 2.36. The van der Waals surface area contributed by atoms with E-state index in [2.05, 4.69) is 4.84 Å². The van der Waals surface area contributed by atoms with Gasteiger partial charge in [0.05, 0.1) is 5.69 Å². The summed E-state index contributed by atoms with van der Waals surface area (Å²) in [5, 5.41) is 0. The summed E-state index contributed by atoms with van der Waals surface area (Å²) in [5.74, 6) is -2.37. The monoisotopic (exact) mass is 365 g/mol. The van der Waals surface area contributed by atoms with Gasteiger partial charge in [0.1, 0.15) is 6.04 Å². The molecule has 1 heterocycles. The number of hydrogen-bond donors (Lipinski definition) is 1. The smallest absolute Gasteiger partial charge is 0.245 e. The van der Waals surface area contributed by atoms with Crippen molar-refractivity contribution in [2.45, 2.75) is 12.5 Å². The molecule has 1 aliphatic rings.